The maximum atomic E-state index is 5.25. The summed E-state index contributed by atoms with van der Waals surface area (Å²) in [6.07, 6.45) is 10.9. The van der Waals surface area contributed by atoms with Crippen LogP contribution in [-0.4, -0.2) is 56.3 Å². The summed E-state index contributed by atoms with van der Waals surface area (Å²) in [7, 11) is 0. The van der Waals surface area contributed by atoms with Gasteiger partial charge < -0.3 is 20.4 Å². The van der Waals surface area contributed by atoms with E-state index in [4.69, 9.17) is 4.98 Å². The summed E-state index contributed by atoms with van der Waals surface area (Å²) in [5.41, 5.74) is 6.09. The van der Waals surface area contributed by atoms with Crippen LogP contribution in [0.5, 0.6) is 0 Å². The van der Waals surface area contributed by atoms with Crippen LogP contribution in [-0.2, 0) is 0 Å². The van der Waals surface area contributed by atoms with Gasteiger partial charge in [0, 0.05) is 50.9 Å². The molecule has 1 aromatic heterocycles. The monoisotopic (exact) mass is 568 g/mol. The summed E-state index contributed by atoms with van der Waals surface area (Å²) >= 11 is 2.46. The van der Waals surface area contributed by atoms with E-state index in [0.29, 0.717) is 12.1 Å². The normalized spacial score (nSPS) is 28.4. The van der Waals surface area contributed by atoms with Gasteiger partial charge in [0.1, 0.15) is 11.6 Å². The fourth-order valence-electron chi connectivity index (χ4n) is 6.53. The van der Waals surface area contributed by atoms with Crippen molar-refractivity contribution in [2.75, 3.05) is 32.7 Å². The van der Waals surface area contributed by atoms with Gasteiger partial charge in [-0.25, -0.2) is 4.98 Å². The predicted octanol–water partition coefficient (Wildman–Crippen LogP) is 4.42. The second-order valence-corrected chi connectivity index (χ2v) is 11.7. The summed E-state index contributed by atoms with van der Waals surface area (Å²) in [6, 6.07) is 7.65. The molecule has 5 heterocycles. The average molecular weight is 569 g/mol. The molecule has 0 bridgehead atoms. The molecule has 1 saturated carbocycles. The number of imidazole rings is 1. The molecule has 5 aliphatic rings. The van der Waals surface area contributed by atoms with Crippen LogP contribution >= 0.6 is 22.9 Å². The second-order valence-electron chi connectivity index (χ2n) is 10.7. The number of hydrogen-bond acceptors (Lipinski definition) is 5. The van der Waals surface area contributed by atoms with Crippen LogP contribution in [0.25, 0.3) is 16.7 Å². The smallest absolute Gasteiger partial charge is 0.142 e. The molecular weight excluding hydrogens is 535 g/mol. The summed E-state index contributed by atoms with van der Waals surface area (Å²) in [5.74, 6) is 4.10. The average Bonchev–Trinajstić information content (AvgIpc) is 3.28. The molecule has 7 heteroatoms. The van der Waals surface area contributed by atoms with Gasteiger partial charge in [-0.15, -0.1) is 0 Å². The Hall–Kier alpha value is -2.00. The lowest BCUT2D eigenvalue weighted by Gasteiger charge is -2.40. The van der Waals surface area contributed by atoms with Crippen LogP contribution in [0.3, 0.4) is 0 Å². The Morgan fingerprint density at radius 3 is 3.00 bits per heavy atom. The minimum Gasteiger partial charge on any atom is -0.368 e. The van der Waals surface area contributed by atoms with E-state index in [1.165, 1.54) is 54.0 Å². The second kappa shape index (κ2) is 8.29. The number of nitrogens with one attached hydrogen (secondary N) is 2. The van der Waals surface area contributed by atoms with E-state index in [2.05, 4.69) is 83.0 Å². The summed E-state index contributed by atoms with van der Waals surface area (Å²) < 4.78 is 2.30. The van der Waals surface area contributed by atoms with Crippen LogP contribution in [0.4, 0.5) is 0 Å². The van der Waals surface area contributed by atoms with Gasteiger partial charge in [-0.05, 0) is 60.8 Å². The highest BCUT2D eigenvalue weighted by atomic mass is 127. The minimum atomic E-state index is 0.296. The van der Waals surface area contributed by atoms with Crippen molar-refractivity contribution in [2.45, 2.75) is 44.2 Å². The van der Waals surface area contributed by atoms with Gasteiger partial charge in [-0.1, -0.05) is 24.8 Å². The molecule has 2 N–H and O–H groups in total. The van der Waals surface area contributed by atoms with Crippen LogP contribution in [0, 0.1) is 11.8 Å². The molecule has 3 atom stereocenters. The number of allylic oxidation sites excluding steroid dienone is 1. The number of rotatable bonds is 5. The third-order valence-corrected chi connectivity index (χ3v) is 9.53. The first-order valence-corrected chi connectivity index (χ1v) is 13.9. The molecular formula is C27H33IN6. The molecule has 6 nitrogen and oxygen atoms in total. The number of likely N-dealkylation sites (tertiary alicyclic amines) is 1. The van der Waals surface area contributed by atoms with Crippen LogP contribution < -0.4 is 10.6 Å². The SMILES string of the molecule is C=C(c1ccc2c(c1)nc(C1CC3=C(NCC=C3)N1CC1CC1)n2I)N1CCC[C@H]2CNC[C@H]21. The van der Waals surface area contributed by atoms with Crippen LogP contribution in [0.1, 0.15) is 49.5 Å². The predicted molar refractivity (Wildman–Crippen MR) is 145 cm³/mol. The maximum absolute atomic E-state index is 5.25. The van der Waals surface area contributed by atoms with E-state index in [1.54, 1.807) is 0 Å². The number of fused-ring (bicyclic) bond motifs is 2. The van der Waals surface area contributed by atoms with Crippen molar-refractivity contribution in [1.29, 1.82) is 0 Å². The minimum absolute atomic E-state index is 0.296. The first-order chi connectivity index (χ1) is 16.7. The van der Waals surface area contributed by atoms with E-state index < -0.39 is 0 Å². The van der Waals surface area contributed by atoms with E-state index in [9.17, 15) is 0 Å². The molecule has 178 valence electrons. The molecule has 1 unspecified atom stereocenters. The van der Waals surface area contributed by atoms with E-state index in [1.807, 2.05) is 0 Å². The fraction of sp³-hybridized carbons (Fsp3) is 0.519. The van der Waals surface area contributed by atoms with Crippen molar-refractivity contribution >= 4 is 39.6 Å². The van der Waals surface area contributed by atoms with E-state index in [-0.39, 0.29) is 0 Å². The largest absolute Gasteiger partial charge is 0.368 e. The fourth-order valence-corrected chi connectivity index (χ4v) is 7.36. The zero-order valence-corrected chi connectivity index (χ0v) is 21.8. The van der Waals surface area contributed by atoms with Gasteiger partial charge in [-0.2, -0.15) is 0 Å². The number of hydrogen-bond donors (Lipinski definition) is 2. The summed E-state index contributed by atoms with van der Waals surface area (Å²) in [5, 5.41) is 7.25. The zero-order chi connectivity index (χ0) is 22.8. The topological polar surface area (TPSA) is 48.4 Å². The zero-order valence-electron chi connectivity index (χ0n) is 19.6. The molecule has 2 aromatic rings. The Morgan fingerprint density at radius 1 is 1.21 bits per heavy atom. The number of piperidine rings is 1. The Labute approximate surface area is 215 Å². The van der Waals surface area contributed by atoms with E-state index >= 15 is 0 Å². The van der Waals surface area contributed by atoms with Gasteiger partial charge >= 0.3 is 0 Å². The van der Waals surface area contributed by atoms with Crippen molar-refractivity contribution in [3.8, 4) is 0 Å². The van der Waals surface area contributed by atoms with Gasteiger partial charge in [0.2, 0.25) is 0 Å². The molecule has 3 fully saturated rings. The summed E-state index contributed by atoms with van der Waals surface area (Å²) in [4.78, 5) is 10.4. The first-order valence-electron chi connectivity index (χ1n) is 12.9. The quantitative estimate of drug-likeness (QED) is 0.524. The molecule has 0 spiro atoms. The lowest BCUT2D eigenvalue weighted by Crippen LogP contribution is -2.43. The Morgan fingerprint density at radius 2 is 2.12 bits per heavy atom. The van der Waals surface area contributed by atoms with Crippen molar-refractivity contribution in [1.82, 2.24) is 28.2 Å². The Balaban J connectivity index is 1.20. The molecule has 34 heavy (non-hydrogen) atoms. The summed E-state index contributed by atoms with van der Waals surface area (Å²) in [6.45, 7) is 9.96. The number of halogens is 1. The highest BCUT2D eigenvalue weighted by Gasteiger charge is 2.39. The number of aromatic nitrogens is 2. The third-order valence-electron chi connectivity index (χ3n) is 8.52. The highest BCUT2D eigenvalue weighted by Crippen LogP contribution is 2.44. The number of benzene rings is 1. The van der Waals surface area contributed by atoms with E-state index in [0.717, 1.165) is 62.2 Å². The van der Waals surface area contributed by atoms with Gasteiger partial charge in [0.15, 0.2) is 0 Å². The molecule has 2 saturated heterocycles. The molecule has 4 aliphatic heterocycles. The molecule has 7 rings (SSSR count). The molecule has 1 aliphatic carbocycles. The number of nitrogens with zero attached hydrogens (tertiary/aromatic N) is 4. The van der Waals surface area contributed by atoms with Crippen LogP contribution in [0.2, 0.25) is 0 Å². The highest BCUT2D eigenvalue weighted by molar-refractivity contribution is 14.1. The molecule has 1 aromatic carbocycles. The lowest BCUT2D eigenvalue weighted by molar-refractivity contribution is 0.195. The Bertz CT molecular complexity index is 1210. The lowest BCUT2D eigenvalue weighted by atomic mass is 9.91. The van der Waals surface area contributed by atoms with Gasteiger partial charge in [0.25, 0.3) is 0 Å². The van der Waals surface area contributed by atoms with Crippen molar-refractivity contribution in [3.05, 3.63) is 59.7 Å². The molecule has 0 radical (unpaired) electrons. The first kappa shape index (κ1) is 21.3. The standard InChI is InChI=1S/C27H33IN6/c1-17(32-11-3-5-21-14-29-15-25(21)32)19-8-9-23-22(12-19)31-27(34(23)28)24-13-20-4-2-10-30-26(20)33(24)16-18-6-7-18/h2,4,8-9,12,18,21,24-25,29-30H,1,3,5-7,10-11,13-16H2/t21-,24?,25+/m0/s1. The number of dihydropyridines is 1. The van der Waals surface area contributed by atoms with Crippen molar-refractivity contribution in [2.24, 2.45) is 11.8 Å². The van der Waals surface area contributed by atoms with Crippen LogP contribution in [0.15, 0.2) is 48.3 Å². The van der Waals surface area contributed by atoms with Gasteiger partial charge in [0.05, 0.1) is 39.9 Å². The van der Waals surface area contributed by atoms with Gasteiger partial charge in [-0.3, -0.25) is 2.78 Å². The Kier molecular flexibility index (Phi) is 5.19. The maximum Gasteiger partial charge on any atom is 0.142 e. The van der Waals surface area contributed by atoms with Crippen molar-refractivity contribution < 1.29 is 0 Å². The molecule has 0 amide bonds. The third kappa shape index (κ3) is 3.49. The van der Waals surface area contributed by atoms with Crippen molar-refractivity contribution in [3.63, 3.8) is 0 Å².